The summed E-state index contributed by atoms with van der Waals surface area (Å²) in [5, 5.41) is 2.03. The van der Waals surface area contributed by atoms with E-state index in [9.17, 15) is 4.79 Å². The second-order valence-electron chi connectivity index (χ2n) is 4.59. The molecule has 0 aliphatic heterocycles. The summed E-state index contributed by atoms with van der Waals surface area (Å²) in [4.78, 5) is 15.5. The summed E-state index contributed by atoms with van der Waals surface area (Å²) in [7, 11) is 0. The molecular formula is C16H11Cl2NO. The van der Waals surface area contributed by atoms with E-state index >= 15 is 0 Å². The number of carbonyl (C=O) groups is 1. The molecule has 4 heteroatoms. The third-order valence-corrected chi connectivity index (χ3v) is 3.80. The van der Waals surface area contributed by atoms with E-state index in [1.807, 2.05) is 24.3 Å². The van der Waals surface area contributed by atoms with Crippen LogP contribution in [0.15, 0.2) is 48.7 Å². The van der Waals surface area contributed by atoms with Crippen LogP contribution in [0, 0.1) is 0 Å². The highest BCUT2D eigenvalue weighted by Crippen LogP contribution is 2.27. The molecule has 2 aromatic carbocycles. The van der Waals surface area contributed by atoms with Crippen LogP contribution in [0.5, 0.6) is 0 Å². The van der Waals surface area contributed by atoms with Crippen molar-refractivity contribution in [3.05, 3.63) is 69.8 Å². The Morgan fingerprint density at radius 2 is 1.80 bits per heavy atom. The van der Waals surface area contributed by atoms with Crippen LogP contribution in [0.1, 0.15) is 15.9 Å². The number of hydrogen-bond acceptors (Lipinski definition) is 1. The number of nitrogens with one attached hydrogen (secondary N) is 1. The fraction of sp³-hybridized carbons (Fsp3) is 0.0625. The second kappa shape index (κ2) is 5.31. The first-order chi connectivity index (χ1) is 9.65. The maximum Gasteiger partial charge on any atom is 0.169 e. The lowest BCUT2D eigenvalue weighted by Crippen LogP contribution is -2.02. The summed E-state index contributed by atoms with van der Waals surface area (Å²) in [6.07, 6.45) is 2.05. The number of Topliss-reactive ketones (excluding diaryl/α,β-unsaturated/α-hetero) is 1. The van der Waals surface area contributed by atoms with Crippen LogP contribution in [0.25, 0.3) is 10.9 Å². The van der Waals surface area contributed by atoms with Gasteiger partial charge in [-0.1, -0.05) is 41.4 Å². The Labute approximate surface area is 126 Å². The third kappa shape index (κ3) is 2.45. The van der Waals surface area contributed by atoms with Crippen LogP contribution in [0.3, 0.4) is 0 Å². The van der Waals surface area contributed by atoms with Crippen molar-refractivity contribution in [2.45, 2.75) is 6.42 Å². The average molecular weight is 304 g/mol. The lowest BCUT2D eigenvalue weighted by atomic mass is 10.0. The zero-order valence-corrected chi connectivity index (χ0v) is 12.0. The second-order valence-corrected chi connectivity index (χ2v) is 5.43. The summed E-state index contributed by atoms with van der Waals surface area (Å²) >= 11 is 12.0. The number of carbonyl (C=O) groups excluding carboxylic acids is 1. The third-order valence-electron chi connectivity index (χ3n) is 3.23. The molecule has 0 amide bonds. The number of halogens is 2. The molecule has 0 radical (unpaired) electrons. The van der Waals surface area contributed by atoms with Crippen LogP contribution >= 0.6 is 23.2 Å². The number of ketones is 1. The van der Waals surface area contributed by atoms with E-state index in [1.54, 1.807) is 24.4 Å². The normalized spacial score (nSPS) is 10.9. The molecule has 0 saturated heterocycles. The predicted molar refractivity (Wildman–Crippen MR) is 82.8 cm³/mol. The van der Waals surface area contributed by atoms with Gasteiger partial charge in [0, 0.05) is 34.1 Å². The molecule has 0 atom stereocenters. The first kappa shape index (κ1) is 13.2. The minimum atomic E-state index is 0.0340. The van der Waals surface area contributed by atoms with E-state index < -0.39 is 0 Å². The summed E-state index contributed by atoms with van der Waals surface area (Å²) < 4.78 is 0. The number of H-pyrrole nitrogens is 1. The SMILES string of the molecule is O=C(Cc1ccc(Cl)cc1)c1c[nH]c2cccc(Cl)c12. The Balaban J connectivity index is 1.95. The summed E-state index contributed by atoms with van der Waals surface area (Å²) in [6.45, 7) is 0. The largest absolute Gasteiger partial charge is 0.360 e. The van der Waals surface area contributed by atoms with Gasteiger partial charge in [-0.25, -0.2) is 0 Å². The van der Waals surface area contributed by atoms with Gasteiger partial charge in [-0.2, -0.15) is 0 Å². The van der Waals surface area contributed by atoms with Crippen molar-refractivity contribution in [1.82, 2.24) is 4.98 Å². The van der Waals surface area contributed by atoms with Crippen molar-refractivity contribution in [2.75, 3.05) is 0 Å². The monoisotopic (exact) mass is 303 g/mol. The molecule has 0 spiro atoms. The van der Waals surface area contributed by atoms with E-state index in [0.717, 1.165) is 16.5 Å². The van der Waals surface area contributed by atoms with Crippen molar-refractivity contribution < 1.29 is 4.79 Å². The maximum absolute atomic E-state index is 12.4. The Morgan fingerprint density at radius 3 is 2.55 bits per heavy atom. The molecule has 0 aliphatic carbocycles. The molecule has 0 saturated carbocycles. The first-order valence-corrected chi connectivity index (χ1v) is 6.94. The Kier molecular flexibility index (Phi) is 3.51. The Morgan fingerprint density at radius 1 is 1.05 bits per heavy atom. The van der Waals surface area contributed by atoms with Crippen molar-refractivity contribution >= 4 is 39.9 Å². The van der Waals surface area contributed by atoms with Gasteiger partial charge in [0.25, 0.3) is 0 Å². The number of rotatable bonds is 3. The quantitative estimate of drug-likeness (QED) is 0.686. The van der Waals surface area contributed by atoms with Gasteiger partial charge in [-0.15, -0.1) is 0 Å². The van der Waals surface area contributed by atoms with E-state index in [1.165, 1.54) is 0 Å². The van der Waals surface area contributed by atoms with Crippen molar-refractivity contribution in [1.29, 1.82) is 0 Å². The van der Waals surface area contributed by atoms with Gasteiger partial charge in [0.2, 0.25) is 0 Å². The number of aromatic nitrogens is 1. The highest BCUT2D eigenvalue weighted by molar-refractivity contribution is 6.37. The Bertz CT molecular complexity index is 775. The van der Waals surface area contributed by atoms with Crippen LogP contribution in [-0.2, 0) is 6.42 Å². The van der Waals surface area contributed by atoms with E-state index in [-0.39, 0.29) is 5.78 Å². The predicted octanol–water partition coefficient (Wildman–Crippen LogP) is 4.90. The van der Waals surface area contributed by atoms with Gasteiger partial charge < -0.3 is 4.98 Å². The maximum atomic E-state index is 12.4. The molecule has 0 bridgehead atoms. The lowest BCUT2D eigenvalue weighted by molar-refractivity contribution is 0.0994. The zero-order valence-electron chi connectivity index (χ0n) is 10.5. The van der Waals surface area contributed by atoms with Gasteiger partial charge >= 0.3 is 0 Å². The summed E-state index contributed by atoms with van der Waals surface area (Å²) in [6, 6.07) is 12.8. The van der Waals surface area contributed by atoms with Crippen molar-refractivity contribution in [3.63, 3.8) is 0 Å². The molecule has 2 nitrogen and oxygen atoms in total. The topological polar surface area (TPSA) is 32.9 Å². The molecule has 3 rings (SSSR count). The van der Waals surface area contributed by atoms with Crippen molar-refractivity contribution in [2.24, 2.45) is 0 Å². The summed E-state index contributed by atoms with van der Waals surface area (Å²) in [5.41, 5.74) is 2.43. The minimum absolute atomic E-state index is 0.0340. The number of aromatic amines is 1. The number of benzene rings is 2. The van der Waals surface area contributed by atoms with Gasteiger partial charge in [-0.3, -0.25) is 4.79 Å². The fourth-order valence-electron chi connectivity index (χ4n) is 2.24. The van der Waals surface area contributed by atoms with Crippen LogP contribution in [0.2, 0.25) is 10.0 Å². The molecule has 1 N–H and O–H groups in total. The molecule has 3 aromatic rings. The standard InChI is InChI=1S/C16H11Cl2NO/c17-11-6-4-10(5-7-11)8-15(20)12-9-19-14-3-1-2-13(18)16(12)14/h1-7,9,19H,8H2. The molecule has 0 fully saturated rings. The van der Waals surface area contributed by atoms with Gasteiger partial charge in [0.15, 0.2) is 5.78 Å². The number of fused-ring (bicyclic) bond motifs is 1. The molecular weight excluding hydrogens is 293 g/mol. The molecule has 20 heavy (non-hydrogen) atoms. The molecule has 0 aliphatic rings. The smallest absolute Gasteiger partial charge is 0.169 e. The molecule has 100 valence electrons. The highest BCUT2D eigenvalue weighted by Gasteiger charge is 2.14. The van der Waals surface area contributed by atoms with E-state index in [2.05, 4.69) is 4.98 Å². The van der Waals surface area contributed by atoms with Gasteiger partial charge in [0.1, 0.15) is 0 Å². The fourth-order valence-corrected chi connectivity index (χ4v) is 2.65. The van der Waals surface area contributed by atoms with Crippen molar-refractivity contribution in [3.8, 4) is 0 Å². The molecule has 0 unspecified atom stereocenters. The van der Waals surface area contributed by atoms with Crippen LogP contribution in [-0.4, -0.2) is 10.8 Å². The number of hydrogen-bond donors (Lipinski definition) is 1. The van der Waals surface area contributed by atoms with Gasteiger partial charge in [0.05, 0.1) is 5.02 Å². The van der Waals surface area contributed by atoms with E-state index in [4.69, 9.17) is 23.2 Å². The molecule has 1 heterocycles. The average Bonchev–Trinajstić information content (AvgIpc) is 2.87. The summed E-state index contributed by atoms with van der Waals surface area (Å²) in [5.74, 6) is 0.0340. The lowest BCUT2D eigenvalue weighted by Gasteiger charge is -2.02. The highest BCUT2D eigenvalue weighted by atomic mass is 35.5. The molecule has 1 aromatic heterocycles. The first-order valence-electron chi connectivity index (χ1n) is 6.18. The minimum Gasteiger partial charge on any atom is -0.360 e. The van der Waals surface area contributed by atoms with Crippen LogP contribution < -0.4 is 0 Å². The van der Waals surface area contributed by atoms with Crippen LogP contribution in [0.4, 0.5) is 0 Å². The van der Waals surface area contributed by atoms with E-state index in [0.29, 0.717) is 22.0 Å². The van der Waals surface area contributed by atoms with Gasteiger partial charge in [-0.05, 0) is 29.8 Å². The zero-order chi connectivity index (χ0) is 14.1. The Hall–Kier alpha value is -1.77.